The maximum atomic E-state index is 13.5. The average molecular weight is 517 g/mol. The average Bonchev–Trinajstić information content (AvgIpc) is 3.33. The zero-order valence-electron chi connectivity index (χ0n) is 20.9. The molecule has 37 heavy (non-hydrogen) atoms. The van der Waals surface area contributed by atoms with Crippen molar-refractivity contribution >= 4 is 29.3 Å². The van der Waals surface area contributed by atoms with Crippen LogP contribution in [0, 0.1) is 5.92 Å². The lowest BCUT2D eigenvalue weighted by molar-refractivity contribution is -0.135. The van der Waals surface area contributed by atoms with Crippen LogP contribution in [0.5, 0.6) is 17.2 Å². The number of benzene rings is 3. The number of halogens is 1. The van der Waals surface area contributed by atoms with Crippen LogP contribution in [0.15, 0.2) is 83.5 Å². The smallest absolute Gasteiger partial charge is 0.281 e. The van der Waals surface area contributed by atoms with Crippen LogP contribution in [0.1, 0.15) is 36.4 Å². The summed E-state index contributed by atoms with van der Waals surface area (Å²) in [5, 5.41) is 7.09. The maximum Gasteiger partial charge on any atom is 0.281 e. The summed E-state index contributed by atoms with van der Waals surface area (Å²) in [6.07, 6.45) is 5.07. The number of carbonyl (C=O) groups is 1. The lowest BCUT2D eigenvalue weighted by atomic mass is 9.77. The summed E-state index contributed by atoms with van der Waals surface area (Å²) in [6, 6.07) is 22.7. The molecule has 190 valence electrons. The van der Waals surface area contributed by atoms with Crippen molar-refractivity contribution in [3.63, 3.8) is 0 Å². The summed E-state index contributed by atoms with van der Waals surface area (Å²) in [6.45, 7) is -0.131. The summed E-state index contributed by atoms with van der Waals surface area (Å²) in [4.78, 5) is 13.5. The molecule has 2 aliphatic rings. The van der Waals surface area contributed by atoms with E-state index in [1.165, 1.54) is 0 Å². The molecule has 5 rings (SSSR count). The van der Waals surface area contributed by atoms with Crippen LogP contribution in [0.4, 0.5) is 0 Å². The first-order valence-electron chi connectivity index (χ1n) is 12.3. The number of amides is 1. The van der Waals surface area contributed by atoms with Crippen LogP contribution in [0.25, 0.3) is 6.08 Å². The molecule has 0 spiro atoms. The van der Waals surface area contributed by atoms with Crippen LogP contribution in [-0.4, -0.2) is 37.5 Å². The minimum atomic E-state index is -0.212. The second kappa shape index (κ2) is 11.1. The zero-order chi connectivity index (χ0) is 25.8. The van der Waals surface area contributed by atoms with E-state index in [1.807, 2.05) is 48.5 Å². The van der Waals surface area contributed by atoms with Crippen molar-refractivity contribution < 1.29 is 19.0 Å². The molecule has 0 radical (unpaired) electrons. The van der Waals surface area contributed by atoms with E-state index in [0.717, 1.165) is 53.2 Å². The Kier molecular flexibility index (Phi) is 7.47. The molecule has 0 aromatic heterocycles. The van der Waals surface area contributed by atoms with Gasteiger partial charge in [0.2, 0.25) is 0 Å². The van der Waals surface area contributed by atoms with E-state index in [2.05, 4.69) is 6.08 Å². The fourth-order valence-corrected chi connectivity index (χ4v) is 5.19. The predicted octanol–water partition coefficient (Wildman–Crippen LogP) is 6.56. The van der Waals surface area contributed by atoms with Crippen molar-refractivity contribution in [1.29, 1.82) is 0 Å². The highest BCUT2D eigenvalue weighted by Gasteiger charge is 2.43. The van der Waals surface area contributed by atoms with E-state index in [0.29, 0.717) is 10.8 Å². The maximum absolute atomic E-state index is 13.5. The van der Waals surface area contributed by atoms with Gasteiger partial charge in [0.05, 0.1) is 26.0 Å². The van der Waals surface area contributed by atoms with Gasteiger partial charge < -0.3 is 14.2 Å². The van der Waals surface area contributed by atoms with Gasteiger partial charge in [0, 0.05) is 10.9 Å². The second-order valence-electron chi connectivity index (χ2n) is 9.13. The molecular weight excluding hydrogens is 488 g/mol. The number of ether oxygens (including phenoxy) is 3. The highest BCUT2D eigenvalue weighted by Crippen LogP contribution is 2.44. The fourth-order valence-electron chi connectivity index (χ4n) is 5.01. The molecule has 6 nitrogen and oxygen atoms in total. The normalized spacial score (nSPS) is 19.8. The molecule has 1 saturated carbocycles. The monoisotopic (exact) mass is 516 g/mol. The Hall–Kier alpha value is -3.77. The van der Waals surface area contributed by atoms with Gasteiger partial charge in [0.15, 0.2) is 6.61 Å². The number of nitrogens with zero attached hydrogens (tertiary/aromatic N) is 2. The minimum Gasteiger partial charge on any atom is -0.497 e. The minimum absolute atomic E-state index is 0.0989. The largest absolute Gasteiger partial charge is 0.497 e. The highest BCUT2D eigenvalue weighted by molar-refractivity contribution is 6.30. The lowest BCUT2D eigenvalue weighted by Crippen LogP contribution is -2.34. The number of rotatable bonds is 7. The summed E-state index contributed by atoms with van der Waals surface area (Å²) >= 11 is 6.08. The number of hydrogen-bond acceptors (Lipinski definition) is 5. The van der Waals surface area contributed by atoms with E-state index >= 15 is 0 Å². The molecule has 1 fully saturated rings. The summed E-state index contributed by atoms with van der Waals surface area (Å²) in [7, 11) is 3.31. The third-order valence-electron chi connectivity index (χ3n) is 6.83. The van der Waals surface area contributed by atoms with Gasteiger partial charge in [-0.2, -0.15) is 5.10 Å². The topological polar surface area (TPSA) is 60.4 Å². The summed E-state index contributed by atoms with van der Waals surface area (Å²) in [5.74, 6) is 2.03. The second-order valence-corrected chi connectivity index (χ2v) is 9.57. The Morgan fingerprint density at radius 3 is 2.38 bits per heavy atom. The molecule has 1 aliphatic heterocycles. The SMILES string of the molecule is COc1ccc(C=C2CCCC3C2=NN(C(=O)COc2cccc(Cl)c2)C3c2ccc(OC)cc2)cc1. The van der Waals surface area contributed by atoms with Crippen LogP contribution >= 0.6 is 11.6 Å². The lowest BCUT2D eigenvalue weighted by Gasteiger charge is -2.29. The van der Waals surface area contributed by atoms with Crippen LogP contribution in [0.3, 0.4) is 0 Å². The Bertz CT molecular complexity index is 1320. The summed E-state index contributed by atoms with van der Waals surface area (Å²) in [5.41, 5.74) is 4.23. The zero-order valence-corrected chi connectivity index (χ0v) is 21.6. The Morgan fingerprint density at radius 2 is 1.70 bits per heavy atom. The molecule has 3 aromatic carbocycles. The standard InChI is InChI=1S/C30H29ClN2O4/c1-35-24-13-9-20(10-14-24)17-22-5-3-8-27-29(22)32-33(30(27)21-11-15-25(36-2)16-12-21)28(34)19-37-26-7-4-6-23(31)18-26/h4,6-7,9-18,27,30H,3,5,8,19H2,1-2H3. The third-order valence-corrected chi connectivity index (χ3v) is 7.06. The van der Waals surface area contributed by atoms with Crippen molar-refractivity contribution in [2.45, 2.75) is 25.3 Å². The van der Waals surface area contributed by atoms with Crippen LogP contribution in [-0.2, 0) is 4.79 Å². The van der Waals surface area contributed by atoms with E-state index < -0.39 is 0 Å². The Labute approximate surface area is 222 Å². The van der Waals surface area contributed by atoms with Gasteiger partial charge >= 0.3 is 0 Å². The molecule has 2 unspecified atom stereocenters. The van der Waals surface area contributed by atoms with Gasteiger partial charge in [0.25, 0.3) is 5.91 Å². The number of allylic oxidation sites excluding steroid dienone is 1. The molecule has 7 heteroatoms. The van der Waals surface area contributed by atoms with Crippen molar-refractivity contribution in [2.24, 2.45) is 11.0 Å². The predicted molar refractivity (Wildman–Crippen MR) is 145 cm³/mol. The van der Waals surface area contributed by atoms with Gasteiger partial charge in [-0.25, -0.2) is 5.01 Å². The molecule has 1 aliphatic carbocycles. The van der Waals surface area contributed by atoms with Crippen LogP contribution < -0.4 is 14.2 Å². The molecule has 1 heterocycles. The van der Waals surface area contributed by atoms with E-state index in [4.69, 9.17) is 30.9 Å². The highest BCUT2D eigenvalue weighted by atomic mass is 35.5. The molecule has 1 amide bonds. The first-order chi connectivity index (χ1) is 18.1. The first-order valence-corrected chi connectivity index (χ1v) is 12.7. The van der Waals surface area contributed by atoms with Crippen molar-refractivity contribution in [3.05, 3.63) is 94.5 Å². The summed E-state index contributed by atoms with van der Waals surface area (Å²) < 4.78 is 16.4. The van der Waals surface area contributed by atoms with Crippen LogP contribution in [0.2, 0.25) is 5.02 Å². The molecule has 3 aromatic rings. The van der Waals surface area contributed by atoms with Gasteiger partial charge in [-0.1, -0.05) is 41.9 Å². The van der Waals surface area contributed by atoms with Gasteiger partial charge in [-0.3, -0.25) is 4.79 Å². The number of methoxy groups -OCH3 is 2. The molecule has 0 N–H and O–H groups in total. The molecule has 2 atom stereocenters. The van der Waals surface area contributed by atoms with E-state index in [1.54, 1.807) is 43.5 Å². The van der Waals surface area contributed by atoms with Gasteiger partial charge in [-0.15, -0.1) is 0 Å². The van der Waals surface area contributed by atoms with Crippen molar-refractivity contribution in [1.82, 2.24) is 5.01 Å². The Balaban J connectivity index is 1.46. The van der Waals surface area contributed by atoms with E-state index in [-0.39, 0.29) is 24.5 Å². The van der Waals surface area contributed by atoms with Gasteiger partial charge in [-0.05, 0) is 84.5 Å². The Morgan fingerprint density at radius 1 is 1.00 bits per heavy atom. The molecule has 0 saturated heterocycles. The third kappa shape index (κ3) is 5.49. The number of fused-ring (bicyclic) bond motifs is 1. The fraction of sp³-hybridized carbons (Fsp3) is 0.267. The number of hydrazone groups is 1. The van der Waals surface area contributed by atoms with E-state index in [9.17, 15) is 4.79 Å². The molecular formula is C30H29ClN2O4. The first kappa shape index (κ1) is 24.9. The number of hydrogen-bond donors (Lipinski definition) is 0. The quantitative estimate of drug-likeness (QED) is 0.357. The van der Waals surface area contributed by atoms with Crippen molar-refractivity contribution in [3.8, 4) is 17.2 Å². The number of carbonyl (C=O) groups excluding carboxylic acids is 1. The van der Waals surface area contributed by atoms with Crippen molar-refractivity contribution in [2.75, 3.05) is 20.8 Å². The molecule has 0 bridgehead atoms. The van der Waals surface area contributed by atoms with Gasteiger partial charge in [0.1, 0.15) is 17.2 Å².